The van der Waals surface area contributed by atoms with Gasteiger partial charge in [-0.05, 0) is 32.6 Å². The van der Waals surface area contributed by atoms with Crippen LogP contribution < -0.4 is 11.2 Å². The standard InChI is InChI=1S/C49H90N2O14P2/c1-4-6-8-10-12-14-16-18-20-22-24-26-28-30-32-34-46(52)60-39-44(64-47(53)35-33-31-29-27-25-23-21-19-17-15-13-11-9-7-5-2)41-62-67(58,59)65-66(56,57)61-40-43-36-37-45(63-43)51-38-42(3)48(54)50-49(51)55/h38,43-45H,4-37,39-41H2,1-3H3,(H,56,57)(H,58,59)(H,50,54,55)/t43-,44?,45+/m0/s1. The quantitative estimate of drug-likeness (QED) is 0.0315. The van der Waals surface area contributed by atoms with Crippen molar-refractivity contribution < 1.29 is 56.1 Å². The molecule has 0 aromatic carbocycles. The smallest absolute Gasteiger partial charge is 0.462 e. The predicted molar refractivity (Wildman–Crippen MR) is 262 cm³/mol. The summed E-state index contributed by atoms with van der Waals surface area (Å²) in [6.45, 7) is 4.26. The lowest BCUT2D eigenvalue weighted by Crippen LogP contribution is -2.33. The largest absolute Gasteiger partial charge is 0.481 e. The number of aromatic amines is 1. The van der Waals surface area contributed by atoms with E-state index in [0.717, 1.165) is 44.9 Å². The van der Waals surface area contributed by atoms with Crippen molar-refractivity contribution in [2.75, 3.05) is 19.8 Å². The summed E-state index contributed by atoms with van der Waals surface area (Å²) in [6, 6.07) is 0. The molecule has 2 heterocycles. The molecule has 1 aliphatic heterocycles. The molecule has 1 saturated heterocycles. The van der Waals surface area contributed by atoms with Crippen LogP contribution in [0.4, 0.5) is 0 Å². The van der Waals surface area contributed by atoms with Crippen LogP contribution in [0.1, 0.15) is 244 Å². The molecule has 0 bridgehead atoms. The van der Waals surface area contributed by atoms with Gasteiger partial charge in [0, 0.05) is 24.6 Å². The molecule has 1 aliphatic rings. The van der Waals surface area contributed by atoms with Gasteiger partial charge in [-0.2, -0.15) is 4.31 Å². The number of nitrogens with zero attached hydrogens (tertiary/aromatic N) is 1. The molecule has 18 heteroatoms. The van der Waals surface area contributed by atoms with Crippen molar-refractivity contribution in [3.05, 3.63) is 32.6 Å². The van der Waals surface area contributed by atoms with Gasteiger partial charge in [0.15, 0.2) is 6.10 Å². The van der Waals surface area contributed by atoms with E-state index in [-0.39, 0.29) is 12.8 Å². The van der Waals surface area contributed by atoms with Gasteiger partial charge in [0.05, 0.1) is 19.3 Å². The number of H-pyrrole nitrogens is 1. The summed E-state index contributed by atoms with van der Waals surface area (Å²) < 4.78 is 57.8. The highest BCUT2D eigenvalue weighted by Gasteiger charge is 2.38. The number of rotatable bonds is 44. The van der Waals surface area contributed by atoms with Crippen molar-refractivity contribution in [1.29, 1.82) is 0 Å². The summed E-state index contributed by atoms with van der Waals surface area (Å²) in [5, 5.41) is 0. The first-order chi connectivity index (χ1) is 32.2. The molecule has 2 rings (SSSR count). The minimum Gasteiger partial charge on any atom is -0.462 e. The summed E-state index contributed by atoms with van der Waals surface area (Å²) in [5.74, 6) is -1.10. The molecule has 16 nitrogen and oxygen atoms in total. The number of carbonyl (C=O) groups is 2. The first-order valence-electron chi connectivity index (χ1n) is 26.2. The van der Waals surface area contributed by atoms with Crippen LogP contribution in [0.15, 0.2) is 15.8 Å². The normalized spacial score (nSPS) is 17.3. The fourth-order valence-corrected chi connectivity index (χ4v) is 10.4. The Hall–Kier alpha value is -2.16. The van der Waals surface area contributed by atoms with Crippen LogP contribution in [0.2, 0.25) is 0 Å². The van der Waals surface area contributed by atoms with Gasteiger partial charge in [0.25, 0.3) is 5.56 Å². The second kappa shape index (κ2) is 37.6. The third-order valence-corrected chi connectivity index (χ3v) is 14.9. The topological polar surface area (TPSA) is 219 Å². The number of hydrogen-bond donors (Lipinski definition) is 3. The van der Waals surface area contributed by atoms with Gasteiger partial charge in [-0.25, -0.2) is 13.9 Å². The van der Waals surface area contributed by atoms with E-state index < -0.39 is 77.1 Å². The fraction of sp³-hybridized carbons (Fsp3) is 0.878. The summed E-state index contributed by atoms with van der Waals surface area (Å²) in [5.41, 5.74) is -0.916. The van der Waals surface area contributed by atoms with E-state index in [0.29, 0.717) is 31.2 Å². The van der Waals surface area contributed by atoms with Crippen LogP contribution in [0.25, 0.3) is 0 Å². The van der Waals surface area contributed by atoms with E-state index in [2.05, 4.69) is 23.1 Å². The maximum absolute atomic E-state index is 12.9. The van der Waals surface area contributed by atoms with Crippen LogP contribution in [0.3, 0.4) is 0 Å². The van der Waals surface area contributed by atoms with Crippen LogP contribution >= 0.6 is 15.6 Å². The minimum absolute atomic E-state index is 0.0926. The third-order valence-electron chi connectivity index (χ3n) is 12.3. The maximum Gasteiger partial charge on any atom is 0.481 e. The summed E-state index contributed by atoms with van der Waals surface area (Å²) in [4.78, 5) is 72.4. The van der Waals surface area contributed by atoms with Crippen LogP contribution in [0, 0.1) is 6.92 Å². The zero-order chi connectivity index (χ0) is 49.0. The minimum atomic E-state index is -5.29. The Labute approximate surface area is 402 Å². The Morgan fingerprint density at radius 3 is 1.52 bits per heavy atom. The van der Waals surface area contributed by atoms with Crippen molar-refractivity contribution in [2.45, 2.75) is 258 Å². The molecule has 67 heavy (non-hydrogen) atoms. The molecule has 1 aromatic rings. The highest BCUT2D eigenvalue weighted by Crippen LogP contribution is 2.60. The number of esters is 2. The lowest BCUT2D eigenvalue weighted by atomic mass is 10.0. The van der Waals surface area contributed by atoms with Gasteiger partial charge in [0.1, 0.15) is 12.8 Å². The maximum atomic E-state index is 12.9. The van der Waals surface area contributed by atoms with E-state index in [1.807, 2.05) is 0 Å². The number of ether oxygens (including phenoxy) is 3. The summed E-state index contributed by atoms with van der Waals surface area (Å²) in [7, 11) is -10.5. The molecular formula is C49H90N2O14P2. The Kier molecular flexibility index (Phi) is 34.2. The first kappa shape index (κ1) is 61.0. The molecule has 1 aromatic heterocycles. The number of hydrogen-bond acceptors (Lipinski definition) is 12. The third kappa shape index (κ3) is 31.6. The Morgan fingerprint density at radius 2 is 1.06 bits per heavy atom. The average molecular weight is 993 g/mol. The van der Waals surface area contributed by atoms with Crippen molar-refractivity contribution in [1.82, 2.24) is 9.55 Å². The predicted octanol–water partition coefficient (Wildman–Crippen LogP) is 12.8. The van der Waals surface area contributed by atoms with Crippen molar-refractivity contribution in [3.63, 3.8) is 0 Å². The number of phosphoric acid groups is 2. The summed E-state index contributed by atoms with van der Waals surface area (Å²) in [6.07, 6.45) is 35.1. The van der Waals surface area contributed by atoms with E-state index in [4.69, 9.17) is 23.3 Å². The van der Waals surface area contributed by atoms with E-state index in [1.165, 1.54) is 153 Å². The number of unbranched alkanes of at least 4 members (excludes halogenated alkanes) is 28. The van der Waals surface area contributed by atoms with Gasteiger partial charge in [-0.15, -0.1) is 0 Å². The number of aryl methyl sites for hydroxylation is 1. The second-order valence-corrected chi connectivity index (χ2v) is 21.6. The van der Waals surface area contributed by atoms with Gasteiger partial charge < -0.3 is 24.0 Å². The Bertz CT molecular complexity index is 1670. The lowest BCUT2D eigenvalue weighted by molar-refractivity contribution is -0.161. The molecule has 0 aliphatic carbocycles. The lowest BCUT2D eigenvalue weighted by Gasteiger charge is -2.21. The second-order valence-electron chi connectivity index (χ2n) is 18.6. The number of carbonyl (C=O) groups excluding carboxylic acids is 2. The highest BCUT2D eigenvalue weighted by molar-refractivity contribution is 7.61. The Balaban J connectivity index is 1.75. The van der Waals surface area contributed by atoms with Crippen LogP contribution in [-0.4, -0.2) is 63.3 Å². The molecular weight excluding hydrogens is 902 g/mol. The van der Waals surface area contributed by atoms with Gasteiger partial charge in [-0.3, -0.25) is 33.0 Å². The molecule has 1 fully saturated rings. The van der Waals surface area contributed by atoms with Crippen molar-refractivity contribution in [2.24, 2.45) is 0 Å². The monoisotopic (exact) mass is 993 g/mol. The van der Waals surface area contributed by atoms with Crippen LogP contribution in [0.5, 0.6) is 0 Å². The van der Waals surface area contributed by atoms with Gasteiger partial charge in [0.2, 0.25) is 0 Å². The molecule has 5 atom stereocenters. The van der Waals surface area contributed by atoms with Gasteiger partial charge in [-0.1, -0.05) is 194 Å². The number of phosphoric ester groups is 2. The summed E-state index contributed by atoms with van der Waals surface area (Å²) >= 11 is 0. The molecule has 390 valence electrons. The van der Waals surface area contributed by atoms with E-state index in [9.17, 15) is 38.1 Å². The molecule has 3 unspecified atom stereocenters. The average Bonchev–Trinajstić information content (AvgIpc) is 3.76. The Morgan fingerprint density at radius 1 is 0.642 bits per heavy atom. The zero-order valence-electron chi connectivity index (χ0n) is 41.6. The SMILES string of the molecule is CCCCCCCCCCCCCCCCCC(=O)OCC(COP(=O)(O)OP(=O)(O)OC[C@@H]1CC[C@H](n2cc(C)c(=O)[nH]c2=O)O1)OC(=O)CCCCCCCCCCCCCCCCC. The molecule has 0 radical (unpaired) electrons. The molecule has 3 N–H and O–H groups in total. The van der Waals surface area contributed by atoms with E-state index in [1.54, 1.807) is 0 Å². The fourth-order valence-electron chi connectivity index (χ4n) is 8.25. The first-order valence-corrected chi connectivity index (χ1v) is 29.2. The number of nitrogens with one attached hydrogen (secondary N) is 1. The number of aromatic nitrogens is 2. The van der Waals surface area contributed by atoms with Crippen molar-refractivity contribution in [3.8, 4) is 0 Å². The van der Waals surface area contributed by atoms with E-state index >= 15 is 0 Å². The van der Waals surface area contributed by atoms with Crippen molar-refractivity contribution >= 4 is 27.6 Å². The van der Waals surface area contributed by atoms with Gasteiger partial charge >= 0.3 is 33.3 Å². The molecule has 0 saturated carbocycles. The molecule has 0 spiro atoms. The molecule has 0 amide bonds. The highest BCUT2D eigenvalue weighted by atomic mass is 31.3. The van der Waals surface area contributed by atoms with Crippen LogP contribution in [-0.2, 0) is 46.3 Å². The zero-order valence-corrected chi connectivity index (χ0v) is 43.4.